The Morgan fingerprint density at radius 2 is 2.42 bits per heavy atom. The monoisotopic (exact) mass is 164 g/mol. The second-order valence-corrected chi connectivity index (χ2v) is 3.08. The van der Waals surface area contributed by atoms with Crippen LogP contribution >= 0.6 is 0 Å². The Morgan fingerprint density at radius 3 is 3.00 bits per heavy atom. The Bertz CT molecular complexity index is 290. The standard InChI is InChI=1S/C9H12N2O/c10-9-11-6-8(12-9)7-4-2-1-3-5-7/h1-2,6-7H,3-5H2,(H2,10,11). The molecule has 0 radical (unpaired) electrons. The minimum Gasteiger partial charge on any atom is -0.429 e. The lowest BCUT2D eigenvalue weighted by molar-refractivity contribution is 0.452. The number of hydrogen-bond acceptors (Lipinski definition) is 3. The van der Waals surface area contributed by atoms with Crippen LogP contribution in [0.1, 0.15) is 30.9 Å². The second kappa shape index (κ2) is 3.01. The molecule has 1 atom stereocenters. The van der Waals surface area contributed by atoms with E-state index in [1.165, 1.54) is 0 Å². The maximum Gasteiger partial charge on any atom is 0.292 e. The number of nitrogen functional groups attached to an aromatic ring is 1. The number of aromatic nitrogens is 1. The average molecular weight is 164 g/mol. The number of hydrogen-bond donors (Lipinski definition) is 1. The molecule has 1 aliphatic rings. The molecule has 12 heavy (non-hydrogen) atoms. The van der Waals surface area contributed by atoms with E-state index in [0.717, 1.165) is 25.0 Å². The SMILES string of the molecule is Nc1ncc(C2CC=CCC2)o1. The Balaban J connectivity index is 2.14. The maximum absolute atomic E-state index is 5.39. The molecular weight excluding hydrogens is 152 g/mol. The third-order valence-electron chi connectivity index (χ3n) is 2.21. The van der Waals surface area contributed by atoms with E-state index in [2.05, 4.69) is 17.1 Å². The quantitative estimate of drug-likeness (QED) is 0.646. The molecule has 0 aromatic carbocycles. The molecule has 1 aromatic heterocycles. The Morgan fingerprint density at radius 1 is 1.50 bits per heavy atom. The maximum atomic E-state index is 5.39. The van der Waals surface area contributed by atoms with Crippen molar-refractivity contribution < 1.29 is 4.42 Å². The van der Waals surface area contributed by atoms with Crippen LogP contribution in [0.2, 0.25) is 0 Å². The summed E-state index contributed by atoms with van der Waals surface area (Å²) in [6.07, 6.45) is 9.45. The fourth-order valence-electron chi connectivity index (χ4n) is 1.54. The number of oxazole rings is 1. The first-order valence-electron chi connectivity index (χ1n) is 4.22. The van der Waals surface area contributed by atoms with Crippen LogP contribution in [-0.2, 0) is 0 Å². The van der Waals surface area contributed by atoms with Gasteiger partial charge in [0.05, 0.1) is 6.20 Å². The molecule has 0 amide bonds. The van der Waals surface area contributed by atoms with Gasteiger partial charge in [-0.3, -0.25) is 0 Å². The van der Waals surface area contributed by atoms with E-state index in [1.54, 1.807) is 6.20 Å². The third-order valence-corrected chi connectivity index (χ3v) is 2.21. The third kappa shape index (κ3) is 1.35. The van der Waals surface area contributed by atoms with Crippen LogP contribution in [0.5, 0.6) is 0 Å². The predicted octanol–water partition coefficient (Wildman–Crippen LogP) is 2.08. The van der Waals surface area contributed by atoms with Gasteiger partial charge in [-0.25, -0.2) is 4.98 Å². The lowest BCUT2D eigenvalue weighted by Gasteiger charge is -2.13. The van der Waals surface area contributed by atoms with Crippen molar-refractivity contribution in [3.8, 4) is 0 Å². The summed E-state index contributed by atoms with van der Waals surface area (Å²) in [5.74, 6) is 1.41. The van der Waals surface area contributed by atoms with Gasteiger partial charge in [-0.15, -0.1) is 0 Å². The van der Waals surface area contributed by atoms with E-state index in [9.17, 15) is 0 Å². The van der Waals surface area contributed by atoms with Gasteiger partial charge in [0.1, 0.15) is 5.76 Å². The largest absolute Gasteiger partial charge is 0.429 e. The molecule has 1 aliphatic carbocycles. The summed E-state index contributed by atoms with van der Waals surface area (Å²) in [6, 6.07) is 0.277. The van der Waals surface area contributed by atoms with Gasteiger partial charge in [0.15, 0.2) is 0 Å². The van der Waals surface area contributed by atoms with E-state index in [1.807, 2.05) is 0 Å². The van der Waals surface area contributed by atoms with E-state index in [4.69, 9.17) is 10.2 Å². The molecule has 2 rings (SSSR count). The second-order valence-electron chi connectivity index (χ2n) is 3.08. The highest BCUT2D eigenvalue weighted by Crippen LogP contribution is 2.29. The van der Waals surface area contributed by atoms with Crippen molar-refractivity contribution in [3.63, 3.8) is 0 Å². The summed E-state index contributed by atoms with van der Waals surface area (Å²) in [4.78, 5) is 3.88. The molecule has 1 aromatic rings. The molecule has 0 saturated carbocycles. The summed E-state index contributed by atoms with van der Waals surface area (Å²) >= 11 is 0. The Labute approximate surface area is 71.3 Å². The van der Waals surface area contributed by atoms with Gasteiger partial charge in [-0.2, -0.15) is 0 Å². The molecule has 0 bridgehead atoms. The highest BCUT2D eigenvalue weighted by atomic mass is 16.4. The number of anilines is 1. The molecule has 0 aliphatic heterocycles. The van der Waals surface area contributed by atoms with Gasteiger partial charge >= 0.3 is 0 Å². The number of nitrogens with two attached hydrogens (primary N) is 1. The molecule has 0 saturated heterocycles. The molecule has 3 nitrogen and oxygen atoms in total. The summed E-state index contributed by atoms with van der Waals surface area (Å²) in [5, 5.41) is 0. The van der Waals surface area contributed by atoms with Crippen LogP contribution in [0.4, 0.5) is 6.01 Å². The molecule has 1 heterocycles. The first-order valence-corrected chi connectivity index (χ1v) is 4.22. The average Bonchev–Trinajstić information content (AvgIpc) is 2.54. The van der Waals surface area contributed by atoms with Crippen LogP contribution in [-0.4, -0.2) is 4.98 Å². The molecule has 64 valence electrons. The molecule has 0 spiro atoms. The summed E-state index contributed by atoms with van der Waals surface area (Å²) in [7, 11) is 0. The lowest BCUT2D eigenvalue weighted by Crippen LogP contribution is -1.98. The van der Waals surface area contributed by atoms with Crippen LogP contribution in [0.3, 0.4) is 0 Å². The number of allylic oxidation sites excluding steroid dienone is 2. The van der Waals surface area contributed by atoms with Gasteiger partial charge in [-0.05, 0) is 19.3 Å². The van der Waals surface area contributed by atoms with Crippen molar-refractivity contribution in [1.82, 2.24) is 4.98 Å². The van der Waals surface area contributed by atoms with E-state index < -0.39 is 0 Å². The van der Waals surface area contributed by atoms with E-state index >= 15 is 0 Å². The summed E-state index contributed by atoms with van der Waals surface area (Å²) in [6.45, 7) is 0. The van der Waals surface area contributed by atoms with Crippen LogP contribution in [0.25, 0.3) is 0 Å². The Hall–Kier alpha value is -1.25. The molecule has 2 N–H and O–H groups in total. The van der Waals surface area contributed by atoms with Gasteiger partial charge in [0.2, 0.25) is 0 Å². The van der Waals surface area contributed by atoms with Crippen molar-refractivity contribution in [2.45, 2.75) is 25.2 Å². The van der Waals surface area contributed by atoms with Crippen LogP contribution in [0.15, 0.2) is 22.8 Å². The molecule has 3 heteroatoms. The zero-order valence-electron chi connectivity index (χ0n) is 6.86. The fourth-order valence-corrected chi connectivity index (χ4v) is 1.54. The number of rotatable bonds is 1. The normalized spacial score (nSPS) is 22.8. The minimum absolute atomic E-state index is 0.277. The van der Waals surface area contributed by atoms with Crippen molar-refractivity contribution in [3.05, 3.63) is 24.1 Å². The smallest absolute Gasteiger partial charge is 0.292 e. The summed E-state index contributed by atoms with van der Waals surface area (Å²) < 4.78 is 5.26. The summed E-state index contributed by atoms with van der Waals surface area (Å²) in [5.41, 5.74) is 5.39. The van der Waals surface area contributed by atoms with Gasteiger partial charge in [0.25, 0.3) is 6.01 Å². The van der Waals surface area contributed by atoms with Crippen LogP contribution < -0.4 is 5.73 Å². The Kier molecular flexibility index (Phi) is 1.86. The van der Waals surface area contributed by atoms with Crippen molar-refractivity contribution in [1.29, 1.82) is 0 Å². The molecular formula is C9H12N2O. The zero-order chi connectivity index (χ0) is 8.39. The van der Waals surface area contributed by atoms with Gasteiger partial charge in [-0.1, -0.05) is 12.2 Å². The highest BCUT2D eigenvalue weighted by molar-refractivity contribution is 5.15. The fraction of sp³-hybridized carbons (Fsp3) is 0.444. The topological polar surface area (TPSA) is 52.0 Å². The van der Waals surface area contributed by atoms with Crippen molar-refractivity contribution in [2.75, 3.05) is 5.73 Å². The highest BCUT2D eigenvalue weighted by Gasteiger charge is 2.15. The molecule has 1 unspecified atom stereocenters. The first-order chi connectivity index (χ1) is 5.86. The zero-order valence-corrected chi connectivity index (χ0v) is 6.86. The van der Waals surface area contributed by atoms with Crippen molar-refractivity contribution >= 4 is 6.01 Å². The lowest BCUT2D eigenvalue weighted by atomic mass is 9.93. The van der Waals surface area contributed by atoms with Crippen molar-refractivity contribution in [2.24, 2.45) is 0 Å². The van der Waals surface area contributed by atoms with Gasteiger partial charge in [0, 0.05) is 5.92 Å². The number of nitrogens with zero attached hydrogens (tertiary/aromatic N) is 1. The van der Waals surface area contributed by atoms with E-state index in [0.29, 0.717) is 5.92 Å². The van der Waals surface area contributed by atoms with Gasteiger partial charge < -0.3 is 10.2 Å². The van der Waals surface area contributed by atoms with E-state index in [-0.39, 0.29) is 6.01 Å². The minimum atomic E-state index is 0.277. The predicted molar refractivity (Wildman–Crippen MR) is 46.6 cm³/mol. The van der Waals surface area contributed by atoms with Crippen LogP contribution in [0, 0.1) is 0 Å². The molecule has 0 fully saturated rings. The first kappa shape index (κ1) is 7.40.